The number of carbonyl (C=O) groups excluding carboxylic acids is 1. The van der Waals surface area contributed by atoms with Crippen LogP contribution in [0.4, 0.5) is 4.39 Å². The molecule has 3 nitrogen and oxygen atoms in total. The third-order valence-corrected chi connectivity index (χ3v) is 4.08. The van der Waals surface area contributed by atoms with Gasteiger partial charge in [-0.2, -0.15) is 0 Å². The van der Waals surface area contributed by atoms with Crippen LogP contribution in [0.2, 0.25) is 0 Å². The van der Waals surface area contributed by atoms with Crippen molar-refractivity contribution in [2.24, 2.45) is 0 Å². The molecular formula is C15H16FNO2S. The molecule has 1 heterocycles. The Labute approximate surface area is 121 Å². The summed E-state index contributed by atoms with van der Waals surface area (Å²) in [4.78, 5) is 12.6. The van der Waals surface area contributed by atoms with Gasteiger partial charge in [0.25, 0.3) is 0 Å². The van der Waals surface area contributed by atoms with Crippen LogP contribution in [0.25, 0.3) is 0 Å². The first-order chi connectivity index (χ1) is 9.47. The molecule has 0 aliphatic heterocycles. The zero-order chi connectivity index (χ0) is 14.6. The van der Waals surface area contributed by atoms with Crippen LogP contribution in [0.1, 0.15) is 17.4 Å². The van der Waals surface area contributed by atoms with Crippen LogP contribution >= 0.6 is 11.3 Å². The Morgan fingerprint density at radius 2 is 2.05 bits per heavy atom. The lowest BCUT2D eigenvalue weighted by Crippen LogP contribution is -2.38. The minimum Gasteiger partial charge on any atom is -0.383 e. The highest BCUT2D eigenvalue weighted by Crippen LogP contribution is 2.24. The van der Waals surface area contributed by atoms with Crippen LogP contribution in [-0.2, 0) is 16.8 Å². The lowest BCUT2D eigenvalue weighted by molar-refractivity contribution is -0.121. The molecule has 0 unspecified atom stereocenters. The molecule has 0 spiro atoms. The van der Waals surface area contributed by atoms with Crippen LogP contribution in [0.5, 0.6) is 0 Å². The van der Waals surface area contributed by atoms with Crippen molar-refractivity contribution in [3.05, 3.63) is 58.0 Å². The molecule has 2 N–H and O–H groups in total. The third kappa shape index (κ3) is 3.88. The van der Waals surface area contributed by atoms with Gasteiger partial charge in [0.15, 0.2) is 0 Å². The maximum absolute atomic E-state index is 12.8. The molecule has 0 aliphatic carbocycles. The minimum absolute atomic E-state index is 0.146. The summed E-state index contributed by atoms with van der Waals surface area (Å²) in [5, 5.41) is 14.8. The fourth-order valence-corrected chi connectivity index (χ4v) is 2.58. The second kappa shape index (κ2) is 6.15. The van der Waals surface area contributed by atoms with Gasteiger partial charge in [-0.3, -0.25) is 4.79 Å². The van der Waals surface area contributed by atoms with E-state index in [4.69, 9.17) is 0 Å². The van der Waals surface area contributed by atoms with Gasteiger partial charge in [0.05, 0.1) is 13.0 Å². The van der Waals surface area contributed by atoms with Crippen molar-refractivity contribution in [3.8, 4) is 0 Å². The number of aliphatic hydroxyl groups is 1. The summed E-state index contributed by atoms with van der Waals surface area (Å²) in [6.45, 7) is 1.81. The molecular weight excluding hydrogens is 277 g/mol. The molecule has 0 aliphatic rings. The van der Waals surface area contributed by atoms with Gasteiger partial charge in [0, 0.05) is 4.88 Å². The molecule has 0 saturated carbocycles. The van der Waals surface area contributed by atoms with Crippen LogP contribution < -0.4 is 5.32 Å². The van der Waals surface area contributed by atoms with E-state index >= 15 is 0 Å². The molecule has 0 fully saturated rings. The van der Waals surface area contributed by atoms with Gasteiger partial charge in [0.1, 0.15) is 11.4 Å². The quantitative estimate of drug-likeness (QED) is 0.889. The zero-order valence-corrected chi connectivity index (χ0v) is 11.9. The van der Waals surface area contributed by atoms with Gasteiger partial charge in [0.2, 0.25) is 5.91 Å². The molecule has 2 rings (SSSR count). The molecule has 0 bridgehead atoms. The Morgan fingerprint density at radius 1 is 1.35 bits per heavy atom. The van der Waals surface area contributed by atoms with E-state index in [1.54, 1.807) is 19.1 Å². The second-order valence-corrected chi connectivity index (χ2v) is 5.78. The van der Waals surface area contributed by atoms with Gasteiger partial charge in [-0.15, -0.1) is 11.3 Å². The summed E-state index contributed by atoms with van der Waals surface area (Å²) in [6.07, 6.45) is 0.167. The van der Waals surface area contributed by atoms with E-state index in [-0.39, 0.29) is 24.7 Å². The average molecular weight is 293 g/mol. The molecule has 1 aromatic carbocycles. The molecule has 106 valence electrons. The van der Waals surface area contributed by atoms with Crippen molar-refractivity contribution < 1.29 is 14.3 Å². The number of thiophene rings is 1. The molecule has 20 heavy (non-hydrogen) atoms. The number of carbonyl (C=O) groups is 1. The largest absolute Gasteiger partial charge is 0.383 e. The van der Waals surface area contributed by atoms with Gasteiger partial charge >= 0.3 is 0 Å². The van der Waals surface area contributed by atoms with Crippen LogP contribution in [0.15, 0.2) is 41.8 Å². The summed E-state index contributed by atoms with van der Waals surface area (Å²) < 4.78 is 12.8. The molecule has 5 heteroatoms. The first-order valence-electron chi connectivity index (χ1n) is 6.25. The van der Waals surface area contributed by atoms with Crippen molar-refractivity contribution in [2.45, 2.75) is 18.9 Å². The number of hydrogen-bond acceptors (Lipinski definition) is 3. The van der Waals surface area contributed by atoms with Gasteiger partial charge in [-0.05, 0) is 36.1 Å². The maximum atomic E-state index is 12.8. The first kappa shape index (κ1) is 14.7. The standard InChI is InChI=1S/C15H16FNO2S/c1-15(19,13-3-2-8-20-13)10-17-14(18)9-11-4-6-12(16)7-5-11/h2-8,19H,9-10H2,1H3,(H,17,18)/t15-/m0/s1. The third-order valence-electron chi connectivity index (χ3n) is 2.96. The monoisotopic (exact) mass is 293 g/mol. The number of halogens is 1. The zero-order valence-electron chi connectivity index (χ0n) is 11.1. The van der Waals surface area contributed by atoms with Crippen molar-refractivity contribution in [1.82, 2.24) is 5.32 Å². The Balaban J connectivity index is 1.88. The fourth-order valence-electron chi connectivity index (χ4n) is 1.79. The lowest BCUT2D eigenvalue weighted by atomic mass is 10.0. The van der Waals surface area contributed by atoms with Gasteiger partial charge in [-0.25, -0.2) is 4.39 Å². The highest BCUT2D eigenvalue weighted by Gasteiger charge is 2.24. The van der Waals surface area contributed by atoms with E-state index in [1.165, 1.54) is 23.5 Å². The smallest absolute Gasteiger partial charge is 0.224 e. The number of nitrogens with one attached hydrogen (secondary N) is 1. The van der Waals surface area contributed by atoms with Crippen molar-refractivity contribution in [3.63, 3.8) is 0 Å². The first-order valence-corrected chi connectivity index (χ1v) is 7.13. The van der Waals surface area contributed by atoms with Crippen molar-refractivity contribution >= 4 is 17.2 Å². The fraction of sp³-hybridized carbons (Fsp3) is 0.267. The van der Waals surface area contributed by atoms with Crippen LogP contribution in [0, 0.1) is 5.82 Å². The van der Waals surface area contributed by atoms with E-state index in [9.17, 15) is 14.3 Å². The normalized spacial score (nSPS) is 13.8. The molecule has 0 radical (unpaired) electrons. The van der Waals surface area contributed by atoms with Crippen molar-refractivity contribution in [2.75, 3.05) is 6.54 Å². The van der Waals surface area contributed by atoms with E-state index in [0.29, 0.717) is 0 Å². The van der Waals surface area contributed by atoms with E-state index in [0.717, 1.165) is 10.4 Å². The summed E-state index contributed by atoms with van der Waals surface area (Å²) in [7, 11) is 0. The predicted molar refractivity (Wildman–Crippen MR) is 77.0 cm³/mol. The Kier molecular flexibility index (Phi) is 4.52. The molecule has 0 saturated heterocycles. The van der Waals surface area contributed by atoms with Crippen molar-refractivity contribution in [1.29, 1.82) is 0 Å². The Hall–Kier alpha value is -1.72. The summed E-state index contributed by atoms with van der Waals surface area (Å²) in [6, 6.07) is 9.49. The maximum Gasteiger partial charge on any atom is 0.224 e. The van der Waals surface area contributed by atoms with Crippen LogP contribution in [-0.4, -0.2) is 17.6 Å². The summed E-state index contributed by atoms with van der Waals surface area (Å²) >= 11 is 1.44. The SMILES string of the molecule is C[C@](O)(CNC(=O)Cc1ccc(F)cc1)c1cccs1. The number of hydrogen-bond donors (Lipinski definition) is 2. The Bertz CT molecular complexity index is 564. The topological polar surface area (TPSA) is 49.3 Å². The average Bonchev–Trinajstić information content (AvgIpc) is 2.94. The van der Waals surface area contributed by atoms with E-state index in [2.05, 4.69) is 5.32 Å². The second-order valence-electron chi connectivity index (χ2n) is 4.83. The number of rotatable bonds is 5. The lowest BCUT2D eigenvalue weighted by Gasteiger charge is -2.22. The Morgan fingerprint density at radius 3 is 2.65 bits per heavy atom. The predicted octanol–water partition coefficient (Wildman–Crippen LogP) is 2.45. The molecule has 1 amide bonds. The van der Waals surface area contributed by atoms with E-state index < -0.39 is 5.60 Å². The number of benzene rings is 1. The minimum atomic E-state index is -1.08. The molecule has 2 aromatic rings. The summed E-state index contributed by atoms with van der Waals surface area (Å²) in [5.74, 6) is -0.525. The highest BCUT2D eigenvalue weighted by molar-refractivity contribution is 7.10. The highest BCUT2D eigenvalue weighted by atomic mass is 32.1. The van der Waals surface area contributed by atoms with E-state index in [1.807, 2.05) is 17.5 Å². The van der Waals surface area contributed by atoms with Gasteiger partial charge < -0.3 is 10.4 Å². The van der Waals surface area contributed by atoms with Crippen LogP contribution in [0.3, 0.4) is 0 Å². The summed E-state index contributed by atoms with van der Waals surface area (Å²) in [5.41, 5.74) is -0.341. The van der Waals surface area contributed by atoms with Gasteiger partial charge in [-0.1, -0.05) is 18.2 Å². The molecule has 1 aromatic heterocycles. The number of amides is 1. The molecule has 1 atom stereocenters.